The SMILES string of the molecule is Cc1cc(C)cc(C(C(=O)Nc2ccccc2C)N(C(=O)CNC(=O)OC(C)(C)C)C(C)CCC(C)C)c1. The standard InChI is InChI=1S/C31H45N3O4/c1-20(2)14-15-24(6)34(27(35)19-32-30(37)38-31(7,8)9)28(25-17-21(3)16-22(4)18-25)29(36)33-26-13-11-10-12-23(26)5/h10-13,16-18,20,24,28H,14-15,19H2,1-9H3,(H,32,37)(H,33,36). The summed E-state index contributed by atoms with van der Waals surface area (Å²) in [7, 11) is 0. The van der Waals surface area contributed by atoms with E-state index in [4.69, 9.17) is 4.74 Å². The van der Waals surface area contributed by atoms with Crippen LogP contribution in [0.15, 0.2) is 42.5 Å². The first-order valence-electron chi connectivity index (χ1n) is 13.4. The van der Waals surface area contributed by atoms with Crippen molar-refractivity contribution in [3.63, 3.8) is 0 Å². The number of carbonyl (C=O) groups excluding carboxylic acids is 3. The van der Waals surface area contributed by atoms with Crippen LogP contribution in [-0.4, -0.2) is 41.0 Å². The summed E-state index contributed by atoms with van der Waals surface area (Å²) >= 11 is 0. The number of rotatable bonds is 10. The molecule has 0 aliphatic rings. The summed E-state index contributed by atoms with van der Waals surface area (Å²) in [5, 5.41) is 5.64. The summed E-state index contributed by atoms with van der Waals surface area (Å²) in [6.45, 7) is 17.1. The lowest BCUT2D eigenvalue weighted by Crippen LogP contribution is -2.50. The van der Waals surface area contributed by atoms with Crippen LogP contribution in [0.2, 0.25) is 0 Å². The van der Waals surface area contributed by atoms with E-state index in [0.717, 1.165) is 35.1 Å². The van der Waals surface area contributed by atoms with E-state index < -0.39 is 17.7 Å². The van der Waals surface area contributed by atoms with Gasteiger partial charge in [0, 0.05) is 11.7 Å². The van der Waals surface area contributed by atoms with E-state index in [2.05, 4.69) is 24.5 Å². The second-order valence-electron chi connectivity index (χ2n) is 11.6. The second kappa shape index (κ2) is 13.4. The van der Waals surface area contributed by atoms with E-state index in [0.29, 0.717) is 11.6 Å². The molecule has 0 heterocycles. The summed E-state index contributed by atoms with van der Waals surface area (Å²) in [5.41, 5.74) is 3.67. The van der Waals surface area contributed by atoms with Crippen LogP contribution in [0.25, 0.3) is 0 Å². The third kappa shape index (κ3) is 9.51. The Hall–Kier alpha value is -3.35. The number of aryl methyl sites for hydroxylation is 3. The molecule has 0 spiro atoms. The number of nitrogens with zero attached hydrogens (tertiary/aromatic N) is 1. The molecule has 0 aromatic heterocycles. The first-order chi connectivity index (χ1) is 17.7. The monoisotopic (exact) mass is 523 g/mol. The molecule has 0 aliphatic heterocycles. The fourth-order valence-electron chi connectivity index (χ4n) is 4.43. The zero-order valence-electron chi connectivity index (χ0n) is 24.5. The van der Waals surface area contributed by atoms with Crippen LogP contribution >= 0.6 is 0 Å². The van der Waals surface area contributed by atoms with Gasteiger partial charge < -0.3 is 20.3 Å². The molecule has 7 heteroatoms. The highest BCUT2D eigenvalue weighted by molar-refractivity contribution is 5.99. The van der Waals surface area contributed by atoms with Gasteiger partial charge in [-0.25, -0.2) is 4.79 Å². The summed E-state index contributed by atoms with van der Waals surface area (Å²) in [4.78, 5) is 41.7. The molecule has 0 bridgehead atoms. The maximum absolute atomic E-state index is 14.0. The zero-order valence-corrected chi connectivity index (χ0v) is 24.5. The van der Waals surface area contributed by atoms with Crippen molar-refractivity contribution in [2.75, 3.05) is 11.9 Å². The average Bonchev–Trinajstić information content (AvgIpc) is 2.79. The van der Waals surface area contributed by atoms with E-state index in [9.17, 15) is 14.4 Å². The summed E-state index contributed by atoms with van der Waals surface area (Å²) in [6.07, 6.45) is 0.936. The number of carbonyl (C=O) groups is 3. The van der Waals surface area contributed by atoms with Gasteiger partial charge in [0.05, 0.1) is 0 Å². The predicted octanol–water partition coefficient (Wildman–Crippen LogP) is 6.47. The van der Waals surface area contributed by atoms with Crippen molar-refractivity contribution >= 4 is 23.6 Å². The Morgan fingerprint density at radius 2 is 1.53 bits per heavy atom. The Morgan fingerprint density at radius 3 is 2.08 bits per heavy atom. The number of alkyl carbamates (subject to hydrolysis) is 1. The van der Waals surface area contributed by atoms with Gasteiger partial charge in [0.1, 0.15) is 18.2 Å². The Labute approximate surface area is 228 Å². The molecule has 0 fully saturated rings. The lowest BCUT2D eigenvalue weighted by Gasteiger charge is -2.37. The van der Waals surface area contributed by atoms with Crippen LogP contribution in [0.4, 0.5) is 10.5 Å². The lowest BCUT2D eigenvalue weighted by atomic mass is 9.95. The largest absolute Gasteiger partial charge is 0.444 e. The van der Waals surface area contributed by atoms with Gasteiger partial charge >= 0.3 is 6.09 Å². The van der Waals surface area contributed by atoms with Crippen LogP contribution in [-0.2, 0) is 14.3 Å². The molecule has 3 amide bonds. The average molecular weight is 524 g/mol. The van der Waals surface area contributed by atoms with Crippen LogP contribution in [0.3, 0.4) is 0 Å². The molecule has 2 aromatic carbocycles. The zero-order chi connectivity index (χ0) is 28.6. The Balaban J connectivity index is 2.51. The maximum atomic E-state index is 14.0. The number of amides is 3. The minimum absolute atomic E-state index is 0.251. The van der Waals surface area contributed by atoms with E-state index in [1.54, 1.807) is 25.7 Å². The number of nitrogens with one attached hydrogen (secondary N) is 2. The number of hydrogen-bond donors (Lipinski definition) is 2. The quantitative estimate of drug-likeness (QED) is 0.374. The van der Waals surface area contributed by atoms with Crippen molar-refractivity contribution < 1.29 is 19.1 Å². The third-order valence-corrected chi connectivity index (χ3v) is 6.20. The van der Waals surface area contributed by atoms with E-state index in [1.165, 1.54) is 0 Å². The van der Waals surface area contributed by atoms with E-state index in [1.807, 2.05) is 70.2 Å². The molecule has 2 atom stereocenters. The molecule has 2 unspecified atom stereocenters. The molecule has 7 nitrogen and oxygen atoms in total. The number of para-hydroxylation sites is 1. The molecule has 0 saturated carbocycles. The Bertz CT molecular complexity index is 1100. The first kappa shape index (κ1) is 30.9. The molecule has 0 aliphatic carbocycles. The Kier molecular flexibility index (Phi) is 10.9. The van der Waals surface area contributed by atoms with Crippen molar-refractivity contribution in [1.29, 1.82) is 0 Å². The second-order valence-corrected chi connectivity index (χ2v) is 11.6. The van der Waals surface area contributed by atoms with Gasteiger partial charge in [-0.15, -0.1) is 0 Å². The molecule has 208 valence electrons. The molecule has 2 N–H and O–H groups in total. The van der Waals surface area contributed by atoms with Gasteiger partial charge in [0.2, 0.25) is 5.91 Å². The lowest BCUT2D eigenvalue weighted by molar-refractivity contribution is -0.141. The molecular weight excluding hydrogens is 478 g/mol. The Morgan fingerprint density at radius 1 is 0.921 bits per heavy atom. The summed E-state index contributed by atoms with van der Waals surface area (Å²) in [6, 6.07) is 12.4. The molecule has 2 rings (SSSR count). The van der Waals surface area contributed by atoms with E-state index in [-0.39, 0.29) is 24.4 Å². The fourth-order valence-corrected chi connectivity index (χ4v) is 4.43. The molecule has 2 aromatic rings. The third-order valence-electron chi connectivity index (χ3n) is 6.20. The smallest absolute Gasteiger partial charge is 0.408 e. The van der Waals surface area contributed by atoms with Crippen molar-refractivity contribution in [3.05, 3.63) is 64.7 Å². The highest BCUT2D eigenvalue weighted by Gasteiger charge is 2.35. The molecule has 38 heavy (non-hydrogen) atoms. The van der Waals surface area contributed by atoms with Gasteiger partial charge in [-0.2, -0.15) is 0 Å². The van der Waals surface area contributed by atoms with Crippen molar-refractivity contribution in [2.24, 2.45) is 5.92 Å². The number of hydrogen-bond acceptors (Lipinski definition) is 4. The molecular formula is C31H45N3O4. The molecule has 0 radical (unpaired) electrons. The molecule has 0 saturated heterocycles. The van der Waals surface area contributed by atoms with Crippen LogP contribution in [0.5, 0.6) is 0 Å². The van der Waals surface area contributed by atoms with Gasteiger partial charge in [-0.05, 0) is 84.4 Å². The summed E-state index contributed by atoms with van der Waals surface area (Å²) < 4.78 is 5.32. The van der Waals surface area contributed by atoms with E-state index >= 15 is 0 Å². The van der Waals surface area contributed by atoms with Crippen LogP contribution < -0.4 is 10.6 Å². The summed E-state index contributed by atoms with van der Waals surface area (Å²) in [5.74, 6) is -0.211. The minimum atomic E-state index is -0.886. The van der Waals surface area contributed by atoms with Crippen LogP contribution in [0, 0.1) is 26.7 Å². The first-order valence-corrected chi connectivity index (χ1v) is 13.4. The minimum Gasteiger partial charge on any atom is -0.444 e. The fraction of sp³-hybridized carbons (Fsp3) is 0.516. The van der Waals surface area contributed by atoms with Gasteiger partial charge in [0.15, 0.2) is 0 Å². The van der Waals surface area contributed by atoms with Crippen molar-refractivity contribution in [2.45, 2.75) is 92.8 Å². The topological polar surface area (TPSA) is 87.7 Å². The number of anilines is 1. The van der Waals surface area contributed by atoms with Gasteiger partial charge in [0.25, 0.3) is 5.91 Å². The van der Waals surface area contributed by atoms with Gasteiger partial charge in [-0.3, -0.25) is 9.59 Å². The number of ether oxygens (including phenoxy) is 1. The highest BCUT2D eigenvalue weighted by atomic mass is 16.6. The number of benzene rings is 2. The van der Waals surface area contributed by atoms with Crippen LogP contribution in [0.1, 0.15) is 82.7 Å². The predicted molar refractivity (Wildman–Crippen MR) is 153 cm³/mol. The maximum Gasteiger partial charge on any atom is 0.408 e. The van der Waals surface area contributed by atoms with Crippen molar-refractivity contribution in [3.8, 4) is 0 Å². The van der Waals surface area contributed by atoms with Gasteiger partial charge in [-0.1, -0.05) is 61.4 Å². The normalized spacial score (nSPS) is 13.0. The van der Waals surface area contributed by atoms with Crippen molar-refractivity contribution in [1.82, 2.24) is 10.2 Å². The highest BCUT2D eigenvalue weighted by Crippen LogP contribution is 2.29.